The van der Waals surface area contributed by atoms with Gasteiger partial charge in [0.15, 0.2) is 0 Å². The first kappa shape index (κ1) is 27.5. The number of anilines is 1. The van der Waals surface area contributed by atoms with E-state index in [9.17, 15) is 18.0 Å². The Hall–Kier alpha value is -2.78. The molecule has 0 saturated heterocycles. The number of sulfonamides is 1. The Morgan fingerprint density at radius 1 is 1.12 bits per heavy atom. The summed E-state index contributed by atoms with van der Waals surface area (Å²) in [5, 5.41) is 3.38. The lowest BCUT2D eigenvalue weighted by atomic mass is 10.1. The topological polar surface area (TPSA) is 96.0 Å². The molecule has 2 atom stereocenters. The summed E-state index contributed by atoms with van der Waals surface area (Å²) in [5.41, 5.74) is 1.01. The Balaban J connectivity index is 2.40. The molecule has 0 bridgehead atoms. The van der Waals surface area contributed by atoms with Crippen molar-refractivity contribution in [2.24, 2.45) is 0 Å². The number of hydrogen-bond donors (Lipinski definition) is 1. The number of hydrogen-bond acceptors (Lipinski definition) is 5. The molecule has 0 aliphatic heterocycles. The molecule has 10 heteroatoms. The maximum Gasteiger partial charge on any atom is 0.244 e. The monoisotopic (exact) mass is 509 g/mol. The van der Waals surface area contributed by atoms with Gasteiger partial charge in [-0.3, -0.25) is 13.9 Å². The highest BCUT2D eigenvalue weighted by Gasteiger charge is 2.30. The number of amides is 2. The lowest BCUT2D eigenvalue weighted by Crippen LogP contribution is -2.52. The summed E-state index contributed by atoms with van der Waals surface area (Å²) in [7, 11) is -2.34. The van der Waals surface area contributed by atoms with Gasteiger partial charge in [0.25, 0.3) is 0 Å². The molecule has 0 unspecified atom stereocenters. The van der Waals surface area contributed by atoms with Crippen molar-refractivity contribution in [1.82, 2.24) is 10.2 Å². The minimum absolute atomic E-state index is 0.0672. The lowest BCUT2D eigenvalue weighted by Gasteiger charge is -2.32. The Labute approximate surface area is 206 Å². The molecule has 0 aliphatic rings. The fourth-order valence-electron chi connectivity index (χ4n) is 3.26. The second-order valence-corrected chi connectivity index (χ2v) is 10.5. The van der Waals surface area contributed by atoms with Crippen LogP contribution in [0.4, 0.5) is 5.69 Å². The number of methoxy groups -OCH3 is 1. The summed E-state index contributed by atoms with van der Waals surface area (Å²) < 4.78 is 31.4. The molecule has 1 N–H and O–H groups in total. The van der Waals surface area contributed by atoms with Gasteiger partial charge in [0, 0.05) is 23.7 Å². The quantitative estimate of drug-likeness (QED) is 0.500. The van der Waals surface area contributed by atoms with E-state index in [1.54, 1.807) is 49.4 Å². The summed E-state index contributed by atoms with van der Waals surface area (Å²) >= 11 is 6.11. The molecule has 2 amide bonds. The van der Waals surface area contributed by atoms with Crippen molar-refractivity contribution in [3.63, 3.8) is 0 Å². The fraction of sp³-hybridized carbons (Fsp3) is 0.417. The summed E-state index contributed by atoms with van der Waals surface area (Å²) in [6.45, 7) is 5.05. The maximum atomic E-state index is 13.5. The first-order valence-electron chi connectivity index (χ1n) is 10.9. The third-order valence-corrected chi connectivity index (χ3v) is 6.81. The third kappa shape index (κ3) is 7.63. The summed E-state index contributed by atoms with van der Waals surface area (Å²) in [6, 6.07) is 12.5. The van der Waals surface area contributed by atoms with E-state index in [-0.39, 0.29) is 24.2 Å². The molecule has 0 spiro atoms. The molecule has 0 fully saturated rings. The molecule has 2 rings (SSSR count). The van der Waals surface area contributed by atoms with Gasteiger partial charge in [-0.05, 0) is 50.1 Å². The van der Waals surface area contributed by atoms with E-state index in [0.717, 1.165) is 22.5 Å². The van der Waals surface area contributed by atoms with Crippen LogP contribution in [-0.4, -0.2) is 57.1 Å². The highest BCUT2D eigenvalue weighted by Crippen LogP contribution is 2.24. The van der Waals surface area contributed by atoms with Crippen molar-refractivity contribution < 1.29 is 22.7 Å². The van der Waals surface area contributed by atoms with Crippen LogP contribution in [0.5, 0.6) is 5.75 Å². The molecule has 0 heterocycles. The zero-order valence-corrected chi connectivity index (χ0v) is 21.7. The average molecular weight is 510 g/mol. The van der Waals surface area contributed by atoms with E-state index in [2.05, 4.69) is 5.32 Å². The van der Waals surface area contributed by atoms with Crippen LogP contribution in [-0.2, 0) is 26.2 Å². The largest absolute Gasteiger partial charge is 0.497 e. The second kappa shape index (κ2) is 12.1. The number of halogens is 1. The van der Waals surface area contributed by atoms with Gasteiger partial charge in [-0.1, -0.05) is 36.7 Å². The number of nitrogens with one attached hydrogen (secondary N) is 1. The van der Waals surface area contributed by atoms with Gasteiger partial charge in [0.1, 0.15) is 18.3 Å². The summed E-state index contributed by atoms with van der Waals surface area (Å²) in [6.07, 6.45) is 1.76. The summed E-state index contributed by atoms with van der Waals surface area (Å²) in [5.74, 6) is -0.396. The van der Waals surface area contributed by atoms with Crippen molar-refractivity contribution >= 4 is 39.1 Å². The first-order valence-corrected chi connectivity index (χ1v) is 13.1. The van der Waals surface area contributed by atoms with E-state index in [1.807, 2.05) is 13.8 Å². The zero-order valence-electron chi connectivity index (χ0n) is 20.1. The van der Waals surface area contributed by atoms with Crippen molar-refractivity contribution in [3.8, 4) is 5.75 Å². The molecule has 0 radical (unpaired) electrons. The van der Waals surface area contributed by atoms with E-state index in [1.165, 1.54) is 18.1 Å². The molecule has 0 aromatic heterocycles. The van der Waals surface area contributed by atoms with Gasteiger partial charge in [0.05, 0.1) is 19.1 Å². The van der Waals surface area contributed by atoms with Gasteiger partial charge in [-0.2, -0.15) is 0 Å². The van der Waals surface area contributed by atoms with Crippen LogP contribution >= 0.6 is 11.6 Å². The Kier molecular flexibility index (Phi) is 9.76. The number of rotatable bonds is 11. The number of ether oxygens (including phenoxy) is 1. The van der Waals surface area contributed by atoms with Crippen LogP contribution in [0.2, 0.25) is 5.02 Å². The molecular formula is C24H32ClN3O5S. The van der Waals surface area contributed by atoms with Crippen LogP contribution < -0.4 is 14.4 Å². The molecular weight excluding hydrogens is 478 g/mol. The van der Waals surface area contributed by atoms with E-state index in [4.69, 9.17) is 16.3 Å². The van der Waals surface area contributed by atoms with Crippen LogP contribution in [0.3, 0.4) is 0 Å². The van der Waals surface area contributed by atoms with Gasteiger partial charge in [-0.15, -0.1) is 0 Å². The number of nitrogens with zero attached hydrogens (tertiary/aromatic N) is 2. The van der Waals surface area contributed by atoms with Gasteiger partial charge in [0.2, 0.25) is 21.8 Å². The zero-order chi connectivity index (χ0) is 25.5. The highest BCUT2D eigenvalue weighted by atomic mass is 35.5. The lowest BCUT2D eigenvalue weighted by molar-refractivity contribution is -0.139. The standard InChI is InChI=1S/C24H32ClN3O5S/c1-6-17(2)26-24(30)18(3)27(15-19-9-7-10-20(25)13-19)23(29)16-28(34(5,31)32)21-11-8-12-22(14-21)33-4/h7-14,17-18H,6,15-16H2,1-5H3,(H,26,30)/t17-,18-/m0/s1. The van der Waals surface area contributed by atoms with Crippen LogP contribution in [0.25, 0.3) is 0 Å². The van der Waals surface area contributed by atoms with E-state index >= 15 is 0 Å². The van der Waals surface area contributed by atoms with E-state index < -0.39 is 28.5 Å². The molecule has 2 aromatic carbocycles. The molecule has 34 heavy (non-hydrogen) atoms. The molecule has 0 aliphatic carbocycles. The highest BCUT2D eigenvalue weighted by molar-refractivity contribution is 7.92. The normalized spacial score (nSPS) is 13.0. The van der Waals surface area contributed by atoms with Crippen LogP contribution in [0.1, 0.15) is 32.8 Å². The Bertz CT molecular complexity index is 1110. The SMILES string of the molecule is CC[C@H](C)NC(=O)[C@H](C)N(Cc1cccc(Cl)c1)C(=O)CN(c1cccc(OC)c1)S(C)(=O)=O. The number of carbonyl (C=O) groups excluding carboxylic acids is 2. The van der Waals surface area contributed by atoms with Gasteiger partial charge >= 0.3 is 0 Å². The smallest absolute Gasteiger partial charge is 0.244 e. The molecule has 0 saturated carbocycles. The minimum Gasteiger partial charge on any atom is -0.497 e. The predicted molar refractivity (Wildman–Crippen MR) is 135 cm³/mol. The van der Waals surface area contributed by atoms with Crippen LogP contribution in [0.15, 0.2) is 48.5 Å². The van der Waals surface area contributed by atoms with Gasteiger partial charge < -0.3 is 15.0 Å². The second-order valence-electron chi connectivity index (χ2n) is 8.12. The van der Waals surface area contributed by atoms with E-state index in [0.29, 0.717) is 10.8 Å². The van der Waals surface area contributed by atoms with Crippen LogP contribution in [0, 0.1) is 0 Å². The maximum absolute atomic E-state index is 13.5. The van der Waals surface area contributed by atoms with Crippen molar-refractivity contribution in [3.05, 3.63) is 59.1 Å². The van der Waals surface area contributed by atoms with Crippen molar-refractivity contribution in [2.45, 2.75) is 45.8 Å². The first-order chi connectivity index (χ1) is 16.0. The number of benzene rings is 2. The summed E-state index contributed by atoms with van der Waals surface area (Å²) in [4.78, 5) is 27.7. The molecule has 8 nitrogen and oxygen atoms in total. The Morgan fingerprint density at radius 3 is 2.38 bits per heavy atom. The molecule has 2 aromatic rings. The molecule has 186 valence electrons. The van der Waals surface area contributed by atoms with Crippen molar-refractivity contribution in [1.29, 1.82) is 0 Å². The third-order valence-electron chi connectivity index (χ3n) is 5.43. The fourth-order valence-corrected chi connectivity index (χ4v) is 4.31. The predicted octanol–water partition coefficient (Wildman–Crippen LogP) is 3.45. The Morgan fingerprint density at radius 2 is 1.79 bits per heavy atom. The van der Waals surface area contributed by atoms with Gasteiger partial charge in [-0.25, -0.2) is 8.42 Å². The van der Waals surface area contributed by atoms with Crippen molar-refractivity contribution in [2.75, 3.05) is 24.2 Å². The minimum atomic E-state index is -3.81. The number of carbonyl (C=O) groups is 2. The average Bonchev–Trinajstić information content (AvgIpc) is 2.79.